The number of hydrogen-bond donors (Lipinski definition) is 2. The van der Waals surface area contributed by atoms with E-state index in [0.717, 1.165) is 39.1 Å². The first-order valence-corrected chi connectivity index (χ1v) is 8.61. The molecule has 2 amide bonds. The highest BCUT2D eigenvalue weighted by atomic mass is 16.5. The van der Waals surface area contributed by atoms with E-state index >= 15 is 0 Å². The van der Waals surface area contributed by atoms with Crippen LogP contribution in [0.2, 0.25) is 0 Å². The maximum absolute atomic E-state index is 12.3. The van der Waals surface area contributed by atoms with Crippen molar-refractivity contribution < 1.29 is 14.3 Å². The van der Waals surface area contributed by atoms with Crippen LogP contribution in [0.1, 0.15) is 39.5 Å². The van der Waals surface area contributed by atoms with Crippen LogP contribution in [-0.2, 0) is 14.3 Å². The van der Waals surface area contributed by atoms with Gasteiger partial charge in [0, 0.05) is 38.5 Å². The maximum Gasteiger partial charge on any atom is 0.267 e. The van der Waals surface area contributed by atoms with E-state index < -0.39 is 0 Å². The average molecular weight is 324 g/mol. The Morgan fingerprint density at radius 1 is 1.30 bits per heavy atom. The lowest BCUT2D eigenvalue weighted by Crippen LogP contribution is -2.52. The largest absolute Gasteiger partial charge is 0.379 e. The monoisotopic (exact) mass is 324 g/mol. The maximum atomic E-state index is 12.3. The summed E-state index contributed by atoms with van der Waals surface area (Å²) < 4.78 is 5.44. The van der Waals surface area contributed by atoms with Crippen LogP contribution in [0.3, 0.4) is 0 Å². The summed E-state index contributed by atoms with van der Waals surface area (Å²) in [5.74, 6) is 0.236. The first-order chi connectivity index (χ1) is 11.2. The minimum absolute atomic E-state index is 0.134. The van der Waals surface area contributed by atoms with E-state index in [2.05, 4.69) is 34.6 Å². The molecule has 7 nitrogen and oxygen atoms in total. The summed E-state index contributed by atoms with van der Waals surface area (Å²) in [7, 11) is 0. The fourth-order valence-electron chi connectivity index (χ4n) is 3.27. The second kappa shape index (κ2) is 8.98. The minimum Gasteiger partial charge on any atom is -0.379 e. The van der Waals surface area contributed by atoms with Gasteiger partial charge in [-0.2, -0.15) is 5.10 Å². The Balaban J connectivity index is 1.94. The molecule has 23 heavy (non-hydrogen) atoms. The Morgan fingerprint density at radius 3 is 2.57 bits per heavy atom. The van der Waals surface area contributed by atoms with Crippen LogP contribution in [0.5, 0.6) is 0 Å². The smallest absolute Gasteiger partial charge is 0.267 e. The number of nitrogens with one attached hydrogen (secondary N) is 2. The summed E-state index contributed by atoms with van der Waals surface area (Å²) in [6.45, 7) is 8.33. The van der Waals surface area contributed by atoms with Crippen molar-refractivity contribution in [2.45, 2.75) is 45.6 Å². The summed E-state index contributed by atoms with van der Waals surface area (Å²) in [4.78, 5) is 25.8. The van der Waals surface area contributed by atoms with Crippen molar-refractivity contribution in [3.8, 4) is 0 Å². The molecule has 0 aromatic rings. The first kappa shape index (κ1) is 17.9. The normalized spacial score (nSPS) is 20.8. The van der Waals surface area contributed by atoms with Crippen LogP contribution < -0.4 is 10.7 Å². The molecule has 1 unspecified atom stereocenters. The van der Waals surface area contributed by atoms with E-state index in [-0.39, 0.29) is 11.8 Å². The van der Waals surface area contributed by atoms with Crippen LogP contribution >= 0.6 is 0 Å². The molecule has 2 aliphatic heterocycles. The predicted octanol–water partition coefficient (Wildman–Crippen LogP) is 0.506. The van der Waals surface area contributed by atoms with Gasteiger partial charge in [0.2, 0.25) is 5.91 Å². The van der Waals surface area contributed by atoms with Crippen LogP contribution in [0.15, 0.2) is 5.10 Å². The van der Waals surface area contributed by atoms with Crippen molar-refractivity contribution in [1.29, 1.82) is 0 Å². The highest BCUT2D eigenvalue weighted by Crippen LogP contribution is 2.19. The number of ether oxygens (including phenoxy) is 1. The molecule has 0 saturated carbocycles. The number of carbonyl (C=O) groups is 2. The summed E-state index contributed by atoms with van der Waals surface area (Å²) in [6, 6.07) is 0.316. The summed E-state index contributed by atoms with van der Waals surface area (Å²) in [6.07, 6.45) is 2.91. The predicted molar refractivity (Wildman–Crippen MR) is 88.1 cm³/mol. The zero-order valence-electron chi connectivity index (χ0n) is 14.1. The van der Waals surface area contributed by atoms with E-state index in [1.165, 1.54) is 0 Å². The fourth-order valence-corrected chi connectivity index (χ4v) is 3.27. The van der Waals surface area contributed by atoms with Gasteiger partial charge in [-0.1, -0.05) is 26.7 Å². The molecule has 0 bridgehead atoms. The van der Waals surface area contributed by atoms with Crippen molar-refractivity contribution in [1.82, 2.24) is 15.6 Å². The van der Waals surface area contributed by atoms with Gasteiger partial charge in [-0.05, 0) is 5.92 Å². The van der Waals surface area contributed by atoms with Crippen LogP contribution in [0, 0.1) is 5.92 Å². The van der Waals surface area contributed by atoms with Gasteiger partial charge in [0.15, 0.2) is 0 Å². The Bertz CT molecular complexity index is 443. The molecule has 0 aromatic heterocycles. The quantitative estimate of drug-likeness (QED) is 0.715. The van der Waals surface area contributed by atoms with E-state index in [1.54, 1.807) is 0 Å². The summed E-state index contributed by atoms with van der Waals surface area (Å²) >= 11 is 0. The topological polar surface area (TPSA) is 83.0 Å². The lowest BCUT2D eigenvalue weighted by molar-refractivity contribution is -0.121. The lowest BCUT2D eigenvalue weighted by atomic mass is 9.92. The number of nitrogens with zero attached hydrogens (tertiary/aromatic N) is 2. The van der Waals surface area contributed by atoms with Gasteiger partial charge in [0.1, 0.15) is 5.71 Å². The molecule has 1 fully saturated rings. The fraction of sp³-hybridized carbons (Fsp3) is 0.812. The standard InChI is InChI=1S/C16H28N4O3/c1-3-12(4-2)14(20-7-9-23-10-8-20)11-17-16(22)13-5-6-15(21)19-18-13/h12,14H,3-11H2,1-2H3,(H,17,22)(H,19,21). The van der Waals surface area contributed by atoms with Crippen molar-refractivity contribution in [2.24, 2.45) is 11.0 Å². The van der Waals surface area contributed by atoms with Gasteiger partial charge >= 0.3 is 0 Å². The molecular weight excluding hydrogens is 296 g/mol. The van der Waals surface area contributed by atoms with Gasteiger partial charge in [0.25, 0.3) is 5.91 Å². The van der Waals surface area contributed by atoms with E-state index in [4.69, 9.17) is 4.74 Å². The molecular formula is C16H28N4O3. The molecule has 1 atom stereocenters. The SMILES string of the molecule is CCC(CC)C(CNC(=O)C1=NNC(=O)CC1)N1CCOCC1. The first-order valence-electron chi connectivity index (χ1n) is 8.61. The molecule has 0 spiro atoms. The van der Waals surface area contributed by atoms with Crippen molar-refractivity contribution in [3.63, 3.8) is 0 Å². The van der Waals surface area contributed by atoms with Crippen molar-refractivity contribution in [3.05, 3.63) is 0 Å². The molecule has 2 rings (SSSR count). The second-order valence-corrected chi connectivity index (χ2v) is 6.10. The molecule has 7 heteroatoms. The number of carbonyl (C=O) groups excluding carboxylic acids is 2. The van der Waals surface area contributed by atoms with Crippen LogP contribution in [0.4, 0.5) is 0 Å². The molecule has 1 saturated heterocycles. The van der Waals surface area contributed by atoms with E-state index in [9.17, 15) is 9.59 Å². The average Bonchev–Trinajstić information content (AvgIpc) is 2.59. The highest BCUT2D eigenvalue weighted by Gasteiger charge is 2.28. The molecule has 2 N–H and O–H groups in total. The van der Waals surface area contributed by atoms with Gasteiger partial charge < -0.3 is 10.1 Å². The number of morpholine rings is 1. The Hall–Kier alpha value is -1.47. The molecule has 0 radical (unpaired) electrons. The van der Waals surface area contributed by atoms with E-state index in [0.29, 0.717) is 37.1 Å². The molecule has 0 aromatic carbocycles. The third kappa shape index (κ3) is 5.00. The Labute approximate surface area is 137 Å². The zero-order valence-corrected chi connectivity index (χ0v) is 14.1. The molecule has 2 heterocycles. The number of rotatable bonds is 7. The second-order valence-electron chi connectivity index (χ2n) is 6.10. The van der Waals surface area contributed by atoms with Crippen molar-refractivity contribution >= 4 is 17.5 Å². The Kier molecular flexibility index (Phi) is 6.98. The van der Waals surface area contributed by atoms with Crippen LogP contribution in [0.25, 0.3) is 0 Å². The van der Waals surface area contributed by atoms with Gasteiger partial charge in [-0.3, -0.25) is 14.5 Å². The Morgan fingerprint density at radius 2 is 2.00 bits per heavy atom. The third-order valence-electron chi connectivity index (χ3n) is 4.75. The van der Waals surface area contributed by atoms with Crippen molar-refractivity contribution in [2.75, 3.05) is 32.8 Å². The molecule has 130 valence electrons. The minimum atomic E-state index is -0.172. The molecule has 2 aliphatic rings. The summed E-state index contributed by atoms with van der Waals surface area (Å²) in [5.41, 5.74) is 2.78. The highest BCUT2D eigenvalue weighted by molar-refractivity contribution is 6.39. The zero-order chi connectivity index (χ0) is 16.7. The van der Waals surface area contributed by atoms with E-state index in [1.807, 2.05) is 0 Å². The van der Waals surface area contributed by atoms with Gasteiger partial charge in [-0.25, -0.2) is 5.43 Å². The number of amides is 2. The van der Waals surface area contributed by atoms with Crippen LogP contribution in [-0.4, -0.2) is 61.3 Å². The molecule has 0 aliphatic carbocycles. The third-order valence-corrected chi connectivity index (χ3v) is 4.75. The lowest BCUT2D eigenvalue weighted by Gasteiger charge is -2.38. The summed E-state index contributed by atoms with van der Waals surface area (Å²) in [5, 5.41) is 6.87. The number of hydrogen-bond acceptors (Lipinski definition) is 5. The van der Waals surface area contributed by atoms with Gasteiger partial charge in [-0.15, -0.1) is 0 Å². The number of hydrazone groups is 1. The van der Waals surface area contributed by atoms with Gasteiger partial charge in [0.05, 0.1) is 13.2 Å².